The second-order valence-electron chi connectivity index (χ2n) is 4.10. The summed E-state index contributed by atoms with van der Waals surface area (Å²) >= 11 is 0. The molecule has 0 aromatic rings. The van der Waals surface area contributed by atoms with Gasteiger partial charge in [-0.05, 0) is 6.92 Å². The first-order chi connectivity index (χ1) is 8.08. The lowest BCUT2D eigenvalue weighted by Crippen LogP contribution is -2.64. The summed E-state index contributed by atoms with van der Waals surface area (Å²) in [6, 6.07) is 0. The van der Waals surface area contributed by atoms with Gasteiger partial charge in [-0.15, -0.1) is 0 Å². The lowest BCUT2D eigenvalue weighted by molar-refractivity contribution is -0.324. The normalized spacial score (nSPS) is 46.2. The van der Waals surface area contributed by atoms with Gasteiger partial charge in [-0.2, -0.15) is 0 Å². The minimum absolute atomic E-state index is 0.365. The summed E-state index contributed by atoms with van der Waals surface area (Å²) < 4.78 is 20.8. The molecule has 2 aliphatic rings. The van der Waals surface area contributed by atoms with Crippen molar-refractivity contribution >= 4 is 5.97 Å². The molecule has 0 unspecified atom stereocenters. The van der Waals surface area contributed by atoms with Crippen molar-refractivity contribution in [3.63, 3.8) is 0 Å². The monoisotopic (exact) mass is 248 g/mol. The SMILES string of the molecule is CO[C@H]1O[C@H](CO)[C@@H](O)[C@@H]2O[C@H](C)C(=O)O[C@@H]12. The van der Waals surface area contributed by atoms with Crippen LogP contribution in [-0.2, 0) is 23.7 Å². The van der Waals surface area contributed by atoms with Crippen LogP contribution in [0, 0.1) is 0 Å². The highest BCUT2D eigenvalue weighted by Crippen LogP contribution is 2.30. The zero-order chi connectivity index (χ0) is 12.6. The van der Waals surface area contributed by atoms with E-state index < -0.39 is 42.8 Å². The van der Waals surface area contributed by atoms with Gasteiger partial charge in [0.25, 0.3) is 0 Å². The Kier molecular flexibility index (Phi) is 3.64. The second kappa shape index (κ2) is 4.87. The molecule has 0 aromatic heterocycles. The van der Waals surface area contributed by atoms with Gasteiger partial charge >= 0.3 is 5.97 Å². The van der Waals surface area contributed by atoms with E-state index in [4.69, 9.17) is 24.1 Å². The fraction of sp³-hybridized carbons (Fsp3) is 0.900. The molecule has 17 heavy (non-hydrogen) atoms. The van der Waals surface area contributed by atoms with E-state index in [1.54, 1.807) is 0 Å². The van der Waals surface area contributed by atoms with E-state index in [9.17, 15) is 9.90 Å². The third kappa shape index (κ3) is 2.16. The molecular weight excluding hydrogens is 232 g/mol. The number of hydrogen-bond donors (Lipinski definition) is 2. The standard InChI is InChI=1S/C10H16O7/c1-4-9(13)17-8-7(15-4)6(12)5(3-11)16-10(8)14-2/h4-8,10-12H,3H2,1-2H3/t4-,5-,6-,7+,8-,10+/m1/s1. The first kappa shape index (κ1) is 12.7. The van der Waals surface area contributed by atoms with Gasteiger partial charge in [0.05, 0.1) is 6.61 Å². The summed E-state index contributed by atoms with van der Waals surface area (Å²) in [5.41, 5.74) is 0. The summed E-state index contributed by atoms with van der Waals surface area (Å²) in [7, 11) is 1.39. The summed E-state index contributed by atoms with van der Waals surface area (Å²) in [5.74, 6) is -0.522. The van der Waals surface area contributed by atoms with Gasteiger partial charge in [-0.1, -0.05) is 0 Å². The largest absolute Gasteiger partial charge is 0.452 e. The molecule has 2 N–H and O–H groups in total. The van der Waals surface area contributed by atoms with Gasteiger partial charge in [-0.25, -0.2) is 4.79 Å². The average Bonchev–Trinajstić information content (AvgIpc) is 2.32. The lowest BCUT2D eigenvalue weighted by atomic mass is 9.97. The van der Waals surface area contributed by atoms with Gasteiger partial charge in [0, 0.05) is 7.11 Å². The molecular formula is C10H16O7. The van der Waals surface area contributed by atoms with Gasteiger partial charge in [0.2, 0.25) is 0 Å². The van der Waals surface area contributed by atoms with Gasteiger partial charge in [0.1, 0.15) is 18.3 Å². The molecule has 0 aromatic carbocycles. The number of rotatable bonds is 2. The molecule has 0 saturated carbocycles. The van der Waals surface area contributed by atoms with Crippen LogP contribution in [0.4, 0.5) is 0 Å². The Morgan fingerprint density at radius 1 is 1.35 bits per heavy atom. The van der Waals surface area contributed by atoms with Crippen LogP contribution < -0.4 is 0 Å². The fourth-order valence-electron chi connectivity index (χ4n) is 2.03. The Labute approximate surface area is 98.2 Å². The number of methoxy groups -OCH3 is 1. The van der Waals surface area contributed by atoms with Crippen LogP contribution in [0.1, 0.15) is 6.92 Å². The van der Waals surface area contributed by atoms with Crippen LogP contribution in [0.5, 0.6) is 0 Å². The summed E-state index contributed by atoms with van der Waals surface area (Å²) in [5, 5.41) is 19.0. The minimum atomic E-state index is -1.06. The van der Waals surface area contributed by atoms with Crippen LogP contribution in [0.2, 0.25) is 0 Å². The van der Waals surface area contributed by atoms with Crippen molar-refractivity contribution in [2.75, 3.05) is 13.7 Å². The zero-order valence-corrected chi connectivity index (χ0v) is 9.61. The van der Waals surface area contributed by atoms with Gasteiger partial charge in [0.15, 0.2) is 18.5 Å². The molecule has 6 atom stereocenters. The predicted molar refractivity (Wildman–Crippen MR) is 53.0 cm³/mol. The molecule has 0 aliphatic carbocycles. The molecule has 2 saturated heterocycles. The minimum Gasteiger partial charge on any atom is -0.452 e. The van der Waals surface area contributed by atoms with E-state index >= 15 is 0 Å². The average molecular weight is 248 g/mol. The quantitative estimate of drug-likeness (QED) is 0.569. The highest BCUT2D eigenvalue weighted by Gasteiger charge is 2.52. The molecule has 0 spiro atoms. The molecule has 2 fully saturated rings. The maximum Gasteiger partial charge on any atom is 0.335 e. The molecule has 0 radical (unpaired) electrons. The van der Waals surface area contributed by atoms with E-state index in [1.165, 1.54) is 14.0 Å². The van der Waals surface area contributed by atoms with Crippen molar-refractivity contribution in [2.24, 2.45) is 0 Å². The number of aliphatic hydroxyl groups excluding tert-OH is 2. The van der Waals surface area contributed by atoms with Crippen molar-refractivity contribution in [3.05, 3.63) is 0 Å². The maximum atomic E-state index is 11.4. The number of carbonyl (C=O) groups excluding carboxylic acids is 1. The maximum absolute atomic E-state index is 11.4. The van der Waals surface area contributed by atoms with E-state index in [2.05, 4.69) is 0 Å². The van der Waals surface area contributed by atoms with Crippen molar-refractivity contribution in [1.29, 1.82) is 0 Å². The van der Waals surface area contributed by atoms with Crippen molar-refractivity contribution in [3.8, 4) is 0 Å². The molecule has 2 aliphatic heterocycles. The highest BCUT2D eigenvalue weighted by molar-refractivity contribution is 5.75. The Bertz CT molecular complexity index is 294. The summed E-state index contributed by atoms with van der Waals surface area (Å²) in [4.78, 5) is 11.4. The number of aliphatic hydroxyl groups is 2. The fourth-order valence-corrected chi connectivity index (χ4v) is 2.03. The van der Waals surface area contributed by atoms with E-state index in [1.807, 2.05) is 0 Å². The molecule has 0 amide bonds. The van der Waals surface area contributed by atoms with Crippen LogP contribution in [-0.4, -0.2) is 66.7 Å². The Hall–Kier alpha value is -0.730. The van der Waals surface area contributed by atoms with E-state index in [-0.39, 0.29) is 6.61 Å². The zero-order valence-electron chi connectivity index (χ0n) is 9.61. The van der Waals surface area contributed by atoms with Crippen LogP contribution in [0.15, 0.2) is 0 Å². The number of hydrogen-bond acceptors (Lipinski definition) is 7. The molecule has 0 bridgehead atoms. The summed E-state index contributed by atoms with van der Waals surface area (Å²) in [6.45, 7) is 1.17. The Morgan fingerprint density at radius 2 is 2.06 bits per heavy atom. The van der Waals surface area contributed by atoms with Crippen molar-refractivity contribution < 1.29 is 34.0 Å². The molecule has 2 heterocycles. The van der Waals surface area contributed by atoms with E-state index in [0.717, 1.165) is 0 Å². The number of fused-ring (bicyclic) bond motifs is 1. The van der Waals surface area contributed by atoms with Gasteiger partial charge < -0.3 is 29.2 Å². The lowest BCUT2D eigenvalue weighted by Gasteiger charge is -2.46. The number of carbonyl (C=O) groups is 1. The highest BCUT2D eigenvalue weighted by atomic mass is 16.7. The van der Waals surface area contributed by atoms with Crippen LogP contribution in [0.3, 0.4) is 0 Å². The Morgan fingerprint density at radius 3 is 2.65 bits per heavy atom. The number of ether oxygens (including phenoxy) is 4. The molecule has 7 nitrogen and oxygen atoms in total. The van der Waals surface area contributed by atoms with Crippen LogP contribution >= 0.6 is 0 Å². The predicted octanol–water partition coefficient (Wildman–Crippen LogP) is -1.59. The van der Waals surface area contributed by atoms with Crippen molar-refractivity contribution in [1.82, 2.24) is 0 Å². The van der Waals surface area contributed by atoms with Gasteiger partial charge in [-0.3, -0.25) is 0 Å². The molecule has 7 heteroatoms. The molecule has 98 valence electrons. The summed E-state index contributed by atoms with van der Waals surface area (Å²) in [6.07, 6.45) is -5.05. The number of esters is 1. The molecule has 2 rings (SSSR count). The third-order valence-corrected chi connectivity index (χ3v) is 2.98. The van der Waals surface area contributed by atoms with E-state index in [0.29, 0.717) is 0 Å². The Balaban J connectivity index is 2.18. The smallest absolute Gasteiger partial charge is 0.335 e. The first-order valence-corrected chi connectivity index (χ1v) is 5.41. The first-order valence-electron chi connectivity index (χ1n) is 5.41. The second-order valence-corrected chi connectivity index (χ2v) is 4.10. The third-order valence-electron chi connectivity index (χ3n) is 2.98. The topological polar surface area (TPSA) is 94.5 Å². The van der Waals surface area contributed by atoms with Crippen LogP contribution in [0.25, 0.3) is 0 Å². The van der Waals surface area contributed by atoms with Crippen molar-refractivity contribution in [2.45, 2.75) is 43.7 Å².